The van der Waals surface area contributed by atoms with Gasteiger partial charge in [-0.25, -0.2) is 0 Å². The topological polar surface area (TPSA) is 29.5 Å². The zero-order valence-corrected chi connectivity index (χ0v) is 11.5. The van der Waals surface area contributed by atoms with Gasteiger partial charge in [0.15, 0.2) is 0 Å². The van der Waals surface area contributed by atoms with Crippen LogP contribution in [-0.4, -0.2) is 36.1 Å². The van der Waals surface area contributed by atoms with E-state index in [4.69, 9.17) is 16.3 Å². The number of alkyl halides is 1. The van der Waals surface area contributed by atoms with Crippen LogP contribution in [0.15, 0.2) is 24.3 Å². The number of rotatable bonds is 2. The molecule has 1 aliphatic heterocycles. The van der Waals surface area contributed by atoms with Gasteiger partial charge in [-0.1, -0.05) is 12.1 Å². The second-order valence-electron chi connectivity index (χ2n) is 4.80. The normalized spacial score (nSPS) is 24.1. The standard InChI is InChI=1S/C14H18ClNO2/c1-10-8-16(9-11(2)18-10)14(17)13-5-3-12(7-15)4-6-13/h3-6,10-11H,7-9H2,1-2H3/t10-,11+. The van der Waals surface area contributed by atoms with E-state index in [-0.39, 0.29) is 18.1 Å². The molecule has 0 aliphatic carbocycles. The third-order valence-corrected chi connectivity index (χ3v) is 3.37. The second-order valence-corrected chi connectivity index (χ2v) is 5.07. The lowest BCUT2D eigenvalue weighted by Crippen LogP contribution is -2.48. The minimum Gasteiger partial charge on any atom is -0.372 e. The highest BCUT2D eigenvalue weighted by molar-refractivity contribution is 6.17. The molecule has 0 radical (unpaired) electrons. The fraction of sp³-hybridized carbons (Fsp3) is 0.500. The third-order valence-electron chi connectivity index (χ3n) is 3.06. The zero-order chi connectivity index (χ0) is 13.1. The molecule has 1 aliphatic rings. The number of hydrogen-bond acceptors (Lipinski definition) is 2. The quantitative estimate of drug-likeness (QED) is 0.771. The van der Waals surface area contributed by atoms with E-state index in [1.807, 2.05) is 43.0 Å². The number of halogens is 1. The van der Waals surface area contributed by atoms with E-state index in [2.05, 4.69) is 0 Å². The molecule has 1 fully saturated rings. The minimum atomic E-state index is 0.0677. The Hall–Kier alpha value is -1.06. The second kappa shape index (κ2) is 5.72. The van der Waals surface area contributed by atoms with E-state index in [0.29, 0.717) is 24.5 Å². The molecule has 2 rings (SSSR count). The number of hydrogen-bond donors (Lipinski definition) is 0. The highest BCUT2D eigenvalue weighted by Gasteiger charge is 2.26. The molecule has 18 heavy (non-hydrogen) atoms. The predicted octanol–water partition coefficient (Wildman–Crippen LogP) is 2.67. The number of morpholine rings is 1. The van der Waals surface area contributed by atoms with Crippen molar-refractivity contribution in [1.82, 2.24) is 4.90 Å². The Kier molecular flexibility index (Phi) is 4.25. The molecule has 0 aromatic heterocycles. The van der Waals surface area contributed by atoms with Crippen LogP contribution in [0.2, 0.25) is 0 Å². The first-order valence-electron chi connectivity index (χ1n) is 6.19. The Labute approximate surface area is 113 Å². The van der Waals surface area contributed by atoms with Crippen molar-refractivity contribution in [3.63, 3.8) is 0 Å². The molecule has 0 unspecified atom stereocenters. The van der Waals surface area contributed by atoms with Crippen LogP contribution in [-0.2, 0) is 10.6 Å². The Morgan fingerprint density at radius 1 is 1.28 bits per heavy atom. The van der Waals surface area contributed by atoms with Crippen molar-refractivity contribution in [1.29, 1.82) is 0 Å². The third kappa shape index (κ3) is 3.03. The van der Waals surface area contributed by atoms with Gasteiger partial charge in [-0.3, -0.25) is 4.79 Å². The van der Waals surface area contributed by atoms with Gasteiger partial charge in [0.1, 0.15) is 0 Å². The van der Waals surface area contributed by atoms with Gasteiger partial charge in [-0.05, 0) is 31.5 Å². The van der Waals surface area contributed by atoms with Crippen LogP contribution >= 0.6 is 11.6 Å². The summed E-state index contributed by atoms with van der Waals surface area (Å²) in [6.45, 7) is 5.29. The van der Waals surface area contributed by atoms with E-state index in [9.17, 15) is 4.79 Å². The first kappa shape index (κ1) is 13.4. The molecule has 3 nitrogen and oxygen atoms in total. The monoisotopic (exact) mass is 267 g/mol. The first-order chi connectivity index (χ1) is 8.60. The summed E-state index contributed by atoms with van der Waals surface area (Å²) in [6.07, 6.45) is 0.194. The Balaban J connectivity index is 2.09. The highest BCUT2D eigenvalue weighted by Crippen LogP contribution is 2.15. The van der Waals surface area contributed by atoms with Gasteiger partial charge in [0.25, 0.3) is 5.91 Å². The molecule has 0 spiro atoms. The van der Waals surface area contributed by atoms with Gasteiger partial charge in [0.2, 0.25) is 0 Å². The van der Waals surface area contributed by atoms with Crippen molar-refractivity contribution in [2.24, 2.45) is 0 Å². The average molecular weight is 268 g/mol. The number of amides is 1. The van der Waals surface area contributed by atoms with Crippen molar-refractivity contribution >= 4 is 17.5 Å². The lowest BCUT2D eigenvalue weighted by atomic mass is 10.1. The molecule has 1 aromatic carbocycles. The van der Waals surface area contributed by atoms with Crippen LogP contribution in [0.4, 0.5) is 0 Å². The summed E-state index contributed by atoms with van der Waals surface area (Å²) in [5.74, 6) is 0.540. The van der Waals surface area contributed by atoms with Crippen LogP contribution in [0.25, 0.3) is 0 Å². The molecule has 1 aromatic rings. The molecule has 1 amide bonds. The van der Waals surface area contributed by atoms with Crippen molar-refractivity contribution in [2.45, 2.75) is 31.9 Å². The number of carbonyl (C=O) groups excluding carboxylic acids is 1. The summed E-state index contributed by atoms with van der Waals surface area (Å²) in [6, 6.07) is 7.47. The summed E-state index contributed by atoms with van der Waals surface area (Å²) < 4.78 is 5.63. The van der Waals surface area contributed by atoms with E-state index < -0.39 is 0 Å². The molecule has 1 heterocycles. The largest absolute Gasteiger partial charge is 0.372 e. The summed E-state index contributed by atoms with van der Waals surface area (Å²) >= 11 is 5.73. The smallest absolute Gasteiger partial charge is 0.254 e. The summed E-state index contributed by atoms with van der Waals surface area (Å²) in [5.41, 5.74) is 1.74. The fourth-order valence-electron chi connectivity index (χ4n) is 2.26. The SMILES string of the molecule is C[C@@H]1CN(C(=O)c2ccc(CCl)cc2)C[C@H](C)O1. The highest BCUT2D eigenvalue weighted by atomic mass is 35.5. The Bertz CT molecular complexity index is 408. The number of benzene rings is 1. The van der Waals surface area contributed by atoms with E-state index >= 15 is 0 Å². The fourth-order valence-corrected chi connectivity index (χ4v) is 2.44. The van der Waals surface area contributed by atoms with Crippen LogP contribution in [0.5, 0.6) is 0 Å². The Morgan fingerprint density at radius 2 is 1.83 bits per heavy atom. The van der Waals surface area contributed by atoms with Crippen molar-refractivity contribution in [3.8, 4) is 0 Å². The lowest BCUT2D eigenvalue weighted by Gasteiger charge is -2.35. The van der Waals surface area contributed by atoms with Gasteiger partial charge in [-0.2, -0.15) is 0 Å². The number of carbonyl (C=O) groups is 1. The van der Waals surface area contributed by atoms with Gasteiger partial charge in [-0.15, -0.1) is 11.6 Å². The van der Waals surface area contributed by atoms with E-state index in [1.54, 1.807) is 0 Å². The van der Waals surface area contributed by atoms with Crippen molar-refractivity contribution in [3.05, 3.63) is 35.4 Å². The van der Waals surface area contributed by atoms with Gasteiger partial charge in [0.05, 0.1) is 12.2 Å². The molecule has 0 saturated carbocycles. The maximum Gasteiger partial charge on any atom is 0.254 e. The van der Waals surface area contributed by atoms with Gasteiger partial charge >= 0.3 is 0 Å². The first-order valence-corrected chi connectivity index (χ1v) is 6.73. The summed E-state index contributed by atoms with van der Waals surface area (Å²) in [4.78, 5) is 14.2. The summed E-state index contributed by atoms with van der Waals surface area (Å²) in [7, 11) is 0. The molecule has 2 atom stereocenters. The van der Waals surface area contributed by atoms with Crippen LogP contribution < -0.4 is 0 Å². The van der Waals surface area contributed by atoms with Gasteiger partial charge in [0, 0.05) is 24.5 Å². The molecule has 0 N–H and O–H groups in total. The van der Waals surface area contributed by atoms with Crippen LogP contribution in [0, 0.1) is 0 Å². The molecule has 0 bridgehead atoms. The molecular formula is C14H18ClNO2. The average Bonchev–Trinajstić information content (AvgIpc) is 2.37. The number of nitrogens with zero attached hydrogens (tertiary/aromatic N) is 1. The zero-order valence-electron chi connectivity index (χ0n) is 10.7. The van der Waals surface area contributed by atoms with E-state index in [1.165, 1.54) is 0 Å². The molecular weight excluding hydrogens is 250 g/mol. The minimum absolute atomic E-state index is 0.0677. The van der Waals surface area contributed by atoms with Crippen LogP contribution in [0.1, 0.15) is 29.8 Å². The predicted molar refractivity (Wildman–Crippen MR) is 71.9 cm³/mol. The van der Waals surface area contributed by atoms with Crippen LogP contribution in [0.3, 0.4) is 0 Å². The Morgan fingerprint density at radius 3 is 2.33 bits per heavy atom. The van der Waals surface area contributed by atoms with Crippen molar-refractivity contribution < 1.29 is 9.53 Å². The summed E-state index contributed by atoms with van der Waals surface area (Å²) in [5, 5.41) is 0. The number of ether oxygens (including phenoxy) is 1. The van der Waals surface area contributed by atoms with E-state index in [0.717, 1.165) is 5.56 Å². The molecule has 1 saturated heterocycles. The van der Waals surface area contributed by atoms with Crippen molar-refractivity contribution in [2.75, 3.05) is 13.1 Å². The van der Waals surface area contributed by atoms with Gasteiger partial charge < -0.3 is 9.64 Å². The maximum atomic E-state index is 12.3. The molecule has 98 valence electrons. The molecule has 4 heteroatoms. The maximum absolute atomic E-state index is 12.3. The lowest BCUT2D eigenvalue weighted by molar-refractivity contribution is -0.0586.